The zero-order chi connectivity index (χ0) is 9.84. The van der Waals surface area contributed by atoms with Gasteiger partial charge in [0.25, 0.3) is 0 Å². The molecule has 0 aromatic heterocycles. The van der Waals surface area contributed by atoms with E-state index in [1.165, 1.54) is 6.07 Å². The Morgan fingerprint density at radius 1 is 1.31 bits per heavy atom. The summed E-state index contributed by atoms with van der Waals surface area (Å²) >= 11 is 0. The Morgan fingerprint density at radius 3 is 2.31 bits per heavy atom. The zero-order valence-corrected chi connectivity index (χ0v) is 7.39. The molecule has 0 aliphatic rings. The van der Waals surface area contributed by atoms with Crippen molar-refractivity contribution in [1.29, 1.82) is 0 Å². The van der Waals surface area contributed by atoms with Crippen molar-refractivity contribution in [1.82, 2.24) is 0 Å². The van der Waals surface area contributed by atoms with Crippen LogP contribution in [0.2, 0.25) is 0 Å². The Morgan fingerprint density at radius 2 is 1.85 bits per heavy atom. The van der Waals surface area contributed by atoms with Gasteiger partial charge in [-0.3, -0.25) is 0 Å². The first-order valence-corrected chi connectivity index (χ1v) is 4.26. The van der Waals surface area contributed by atoms with Crippen molar-refractivity contribution in [2.75, 3.05) is 0 Å². The average molecular weight is 185 g/mol. The summed E-state index contributed by atoms with van der Waals surface area (Å²) in [7, 11) is 0. The largest absolute Gasteiger partial charge is 0.228 e. The lowest BCUT2D eigenvalue weighted by Gasteiger charge is -2.08. The maximum Gasteiger partial charge on any atom is 0.132 e. The van der Waals surface area contributed by atoms with E-state index in [0.29, 0.717) is 6.42 Å². The number of rotatable bonds is 3. The van der Waals surface area contributed by atoms with Crippen LogP contribution in [0.1, 0.15) is 31.4 Å². The van der Waals surface area contributed by atoms with Gasteiger partial charge in [0.1, 0.15) is 17.7 Å². The monoisotopic (exact) mass is 185 g/mol. The molecule has 0 aliphatic carbocycles. The SMILES string of the molecule is CCCC([O])c1c(F)cccc1F. The average Bonchev–Trinajstić information content (AvgIpc) is 2.04. The third kappa shape index (κ3) is 2.25. The Balaban J connectivity index is 2.98. The fourth-order valence-corrected chi connectivity index (χ4v) is 1.22. The van der Waals surface area contributed by atoms with E-state index in [4.69, 9.17) is 0 Å². The van der Waals surface area contributed by atoms with Gasteiger partial charge in [0.2, 0.25) is 0 Å². The van der Waals surface area contributed by atoms with Gasteiger partial charge < -0.3 is 0 Å². The molecule has 1 unspecified atom stereocenters. The minimum atomic E-state index is -1.29. The van der Waals surface area contributed by atoms with Crippen molar-refractivity contribution in [3.05, 3.63) is 35.4 Å². The van der Waals surface area contributed by atoms with Crippen molar-refractivity contribution < 1.29 is 13.9 Å². The van der Waals surface area contributed by atoms with Gasteiger partial charge in [-0.1, -0.05) is 19.4 Å². The molecule has 71 valence electrons. The first kappa shape index (κ1) is 10.1. The van der Waals surface area contributed by atoms with Crippen molar-refractivity contribution in [3.63, 3.8) is 0 Å². The summed E-state index contributed by atoms with van der Waals surface area (Å²) in [6.07, 6.45) is -0.397. The highest BCUT2D eigenvalue weighted by atomic mass is 19.1. The van der Waals surface area contributed by atoms with Gasteiger partial charge in [-0.25, -0.2) is 13.9 Å². The summed E-state index contributed by atoms with van der Waals surface area (Å²) in [5, 5.41) is 11.3. The van der Waals surface area contributed by atoms with E-state index in [1.807, 2.05) is 6.92 Å². The van der Waals surface area contributed by atoms with Gasteiger partial charge >= 0.3 is 0 Å². The van der Waals surface area contributed by atoms with Gasteiger partial charge in [0.15, 0.2) is 0 Å². The van der Waals surface area contributed by atoms with Crippen LogP contribution in [0.5, 0.6) is 0 Å². The molecule has 1 radical (unpaired) electrons. The first-order chi connectivity index (χ1) is 6.16. The predicted octanol–water partition coefficient (Wildman–Crippen LogP) is 3.24. The molecule has 0 spiro atoms. The summed E-state index contributed by atoms with van der Waals surface area (Å²) in [6.45, 7) is 1.81. The lowest BCUT2D eigenvalue weighted by molar-refractivity contribution is 0.0739. The standard InChI is InChI=1S/C10H11F2O/c1-2-4-9(13)10-7(11)5-3-6-8(10)12/h3,5-6,9H,2,4H2,1H3. The van der Waals surface area contributed by atoms with Crippen LogP contribution in [0.3, 0.4) is 0 Å². The van der Waals surface area contributed by atoms with Gasteiger partial charge in [-0.15, -0.1) is 0 Å². The zero-order valence-electron chi connectivity index (χ0n) is 7.39. The van der Waals surface area contributed by atoms with Crippen LogP contribution in [-0.2, 0) is 5.11 Å². The van der Waals surface area contributed by atoms with E-state index in [9.17, 15) is 13.9 Å². The van der Waals surface area contributed by atoms with Gasteiger partial charge in [0.05, 0.1) is 5.56 Å². The number of benzene rings is 1. The van der Waals surface area contributed by atoms with E-state index in [2.05, 4.69) is 0 Å². The highest BCUT2D eigenvalue weighted by molar-refractivity contribution is 5.21. The molecular formula is C10H11F2O. The molecule has 0 amide bonds. The molecule has 3 heteroatoms. The van der Waals surface area contributed by atoms with Crippen LogP contribution in [0.15, 0.2) is 18.2 Å². The Hall–Kier alpha value is -0.960. The second-order valence-corrected chi connectivity index (χ2v) is 2.91. The van der Waals surface area contributed by atoms with E-state index in [0.717, 1.165) is 12.1 Å². The fraction of sp³-hybridized carbons (Fsp3) is 0.400. The van der Waals surface area contributed by atoms with E-state index < -0.39 is 17.7 Å². The van der Waals surface area contributed by atoms with Crippen LogP contribution in [0.25, 0.3) is 0 Å². The van der Waals surface area contributed by atoms with Crippen LogP contribution >= 0.6 is 0 Å². The molecule has 0 bridgehead atoms. The van der Waals surface area contributed by atoms with Crippen LogP contribution < -0.4 is 0 Å². The molecule has 0 saturated heterocycles. The van der Waals surface area contributed by atoms with Crippen LogP contribution in [0, 0.1) is 11.6 Å². The maximum absolute atomic E-state index is 13.0. The topological polar surface area (TPSA) is 19.9 Å². The molecule has 13 heavy (non-hydrogen) atoms. The summed E-state index contributed by atoms with van der Waals surface area (Å²) in [5.74, 6) is -1.48. The van der Waals surface area contributed by atoms with Crippen LogP contribution in [-0.4, -0.2) is 0 Å². The predicted molar refractivity (Wildman–Crippen MR) is 44.7 cm³/mol. The fourth-order valence-electron chi connectivity index (χ4n) is 1.22. The van der Waals surface area contributed by atoms with Gasteiger partial charge in [-0.05, 0) is 18.6 Å². The summed E-state index contributed by atoms with van der Waals surface area (Å²) in [6, 6.07) is 3.48. The minimum absolute atomic E-state index is 0.262. The Bertz CT molecular complexity index is 266. The van der Waals surface area contributed by atoms with E-state index >= 15 is 0 Å². The lowest BCUT2D eigenvalue weighted by Crippen LogP contribution is -2.02. The molecule has 0 aliphatic heterocycles. The maximum atomic E-state index is 13.0. The van der Waals surface area contributed by atoms with E-state index in [1.54, 1.807) is 0 Å². The van der Waals surface area contributed by atoms with Crippen molar-refractivity contribution in [2.45, 2.75) is 25.9 Å². The molecule has 1 aromatic rings. The molecule has 1 aromatic carbocycles. The summed E-state index contributed by atoms with van der Waals surface area (Å²) < 4.78 is 26.0. The highest BCUT2D eigenvalue weighted by Gasteiger charge is 2.17. The second-order valence-electron chi connectivity index (χ2n) is 2.91. The quantitative estimate of drug-likeness (QED) is 0.689. The second kappa shape index (κ2) is 4.33. The Labute approximate surface area is 76.0 Å². The minimum Gasteiger partial charge on any atom is -0.228 e. The number of hydrogen-bond donors (Lipinski definition) is 0. The third-order valence-corrected chi connectivity index (χ3v) is 1.87. The number of hydrogen-bond acceptors (Lipinski definition) is 0. The van der Waals surface area contributed by atoms with Crippen molar-refractivity contribution in [3.8, 4) is 0 Å². The molecule has 0 saturated carbocycles. The van der Waals surface area contributed by atoms with Gasteiger partial charge in [0, 0.05) is 0 Å². The van der Waals surface area contributed by atoms with Crippen molar-refractivity contribution in [2.24, 2.45) is 0 Å². The normalized spacial score (nSPS) is 12.9. The highest BCUT2D eigenvalue weighted by Crippen LogP contribution is 2.24. The van der Waals surface area contributed by atoms with E-state index in [-0.39, 0.29) is 12.0 Å². The summed E-state index contributed by atoms with van der Waals surface area (Å²) in [5.41, 5.74) is -0.329. The number of halogens is 2. The Kier molecular flexibility index (Phi) is 3.37. The molecule has 0 N–H and O–H groups in total. The molecule has 0 fully saturated rings. The molecule has 1 atom stereocenters. The third-order valence-electron chi connectivity index (χ3n) is 1.87. The summed E-state index contributed by atoms with van der Waals surface area (Å²) in [4.78, 5) is 0. The van der Waals surface area contributed by atoms with Crippen molar-refractivity contribution >= 4 is 0 Å². The smallest absolute Gasteiger partial charge is 0.132 e. The van der Waals surface area contributed by atoms with Crippen LogP contribution in [0.4, 0.5) is 8.78 Å². The lowest BCUT2D eigenvalue weighted by atomic mass is 10.0. The van der Waals surface area contributed by atoms with Gasteiger partial charge in [-0.2, -0.15) is 0 Å². The molecular weight excluding hydrogens is 174 g/mol. The first-order valence-electron chi connectivity index (χ1n) is 4.26. The molecule has 1 nitrogen and oxygen atoms in total. The molecule has 1 rings (SSSR count). The molecule has 0 heterocycles.